The van der Waals surface area contributed by atoms with Gasteiger partial charge >= 0.3 is 0 Å². The molecule has 0 radical (unpaired) electrons. The average Bonchev–Trinajstić information content (AvgIpc) is 3.05. The Balaban J connectivity index is 0.00000280. The van der Waals surface area contributed by atoms with Gasteiger partial charge in [0.2, 0.25) is 0 Å². The number of aliphatic imine (C=N–C) groups is 1. The molecule has 1 aromatic rings. The summed E-state index contributed by atoms with van der Waals surface area (Å²) in [6, 6.07) is 8.92. The SMILES string of the molecule is CCNC(=NCc1ccc(CN2CC(C)CC(C)C2)cc1)N1CC[C@@H](O)C1.I. The Bertz CT molecular complexity index is 611. The lowest BCUT2D eigenvalue weighted by Crippen LogP contribution is -2.40. The fraction of sp³-hybridized carbons (Fsp3) is 0.682. The molecule has 0 amide bonds. The van der Waals surface area contributed by atoms with Crippen LogP contribution in [0.4, 0.5) is 0 Å². The number of rotatable bonds is 5. The number of halogens is 1. The quantitative estimate of drug-likeness (QED) is 0.370. The molecule has 2 fully saturated rings. The van der Waals surface area contributed by atoms with E-state index < -0.39 is 0 Å². The van der Waals surface area contributed by atoms with Crippen molar-refractivity contribution < 1.29 is 5.11 Å². The Hall–Kier alpha value is -0.860. The lowest BCUT2D eigenvalue weighted by molar-refractivity contribution is 0.134. The number of nitrogens with zero attached hydrogens (tertiary/aromatic N) is 3. The molecule has 0 bridgehead atoms. The van der Waals surface area contributed by atoms with Gasteiger partial charge in [-0.1, -0.05) is 38.1 Å². The highest BCUT2D eigenvalue weighted by Gasteiger charge is 2.23. The molecule has 0 aliphatic carbocycles. The maximum Gasteiger partial charge on any atom is 0.194 e. The highest BCUT2D eigenvalue weighted by molar-refractivity contribution is 14.0. The van der Waals surface area contributed by atoms with Crippen LogP contribution in [0.1, 0.15) is 44.7 Å². The van der Waals surface area contributed by atoms with Gasteiger partial charge in [0.1, 0.15) is 0 Å². The number of hydrogen-bond acceptors (Lipinski definition) is 3. The normalized spacial score (nSPS) is 26.2. The molecular weight excluding hydrogens is 463 g/mol. The highest BCUT2D eigenvalue weighted by Crippen LogP contribution is 2.22. The summed E-state index contributed by atoms with van der Waals surface area (Å²) in [5, 5.41) is 13.1. The molecule has 3 atom stereocenters. The first-order chi connectivity index (χ1) is 13.0. The van der Waals surface area contributed by atoms with Crippen LogP contribution in [0.25, 0.3) is 0 Å². The molecule has 158 valence electrons. The molecule has 2 unspecified atom stereocenters. The zero-order valence-corrected chi connectivity index (χ0v) is 19.9. The Labute approximate surface area is 187 Å². The zero-order chi connectivity index (χ0) is 19.2. The Morgan fingerprint density at radius 3 is 2.32 bits per heavy atom. The second kappa shape index (κ2) is 11.4. The second-order valence-corrected chi connectivity index (χ2v) is 8.52. The van der Waals surface area contributed by atoms with E-state index in [9.17, 15) is 5.11 Å². The summed E-state index contributed by atoms with van der Waals surface area (Å²) in [6.07, 6.45) is 1.95. The van der Waals surface area contributed by atoms with Gasteiger partial charge < -0.3 is 15.3 Å². The zero-order valence-electron chi connectivity index (χ0n) is 17.6. The standard InChI is InChI=1S/C22H36N4O.HI/c1-4-23-22(26-10-9-21(27)16-26)24-12-19-5-7-20(8-6-19)15-25-13-17(2)11-18(3)14-25;/h5-8,17-18,21,27H,4,9-16H2,1-3H3,(H,23,24);1H/t17?,18?,21-;/m1./s1. The second-order valence-electron chi connectivity index (χ2n) is 8.52. The Kier molecular flexibility index (Phi) is 9.50. The predicted octanol–water partition coefficient (Wildman–Crippen LogP) is 3.31. The van der Waals surface area contributed by atoms with Crippen LogP contribution in [0, 0.1) is 11.8 Å². The van der Waals surface area contributed by atoms with E-state index in [4.69, 9.17) is 4.99 Å². The van der Waals surface area contributed by atoms with Crippen molar-refractivity contribution >= 4 is 29.9 Å². The van der Waals surface area contributed by atoms with Crippen LogP contribution in [0.5, 0.6) is 0 Å². The molecule has 3 rings (SSSR count). The van der Waals surface area contributed by atoms with Gasteiger partial charge in [-0.05, 0) is 42.7 Å². The molecule has 5 nitrogen and oxygen atoms in total. The third-order valence-electron chi connectivity index (χ3n) is 5.58. The Morgan fingerprint density at radius 2 is 1.75 bits per heavy atom. The summed E-state index contributed by atoms with van der Waals surface area (Å²) in [4.78, 5) is 9.52. The van der Waals surface area contributed by atoms with E-state index in [1.54, 1.807) is 0 Å². The lowest BCUT2D eigenvalue weighted by atomic mass is 9.91. The number of nitrogens with one attached hydrogen (secondary N) is 1. The largest absolute Gasteiger partial charge is 0.391 e. The minimum absolute atomic E-state index is 0. The molecule has 2 saturated heterocycles. The third-order valence-corrected chi connectivity index (χ3v) is 5.58. The van der Waals surface area contributed by atoms with E-state index in [0.717, 1.165) is 43.9 Å². The number of aliphatic hydroxyl groups is 1. The van der Waals surface area contributed by atoms with E-state index in [2.05, 4.69) is 60.2 Å². The fourth-order valence-corrected chi connectivity index (χ4v) is 4.46. The van der Waals surface area contributed by atoms with Crippen LogP contribution in [0.15, 0.2) is 29.3 Å². The topological polar surface area (TPSA) is 51.1 Å². The van der Waals surface area contributed by atoms with Crippen molar-refractivity contribution in [3.63, 3.8) is 0 Å². The van der Waals surface area contributed by atoms with Crippen molar-refractivity contribution in [3.8, 4) is 0 Å². The molecule has 2 heterocycles. The van der Waals surface area contributed by atoms with E-state index in [1.165, 1.54) is 30.6 Å². The van der Waals surface area contributed by atoms with Gasteiger partial charge in [-0.15, -0.1) is 24.0 Å². The number of piperidine rings is 1. The van der Waals surface area contributed by atoms with Gasteiger partial charge in [0.15, 0.2) is 5.96 Å². The summed E-state index contributed by atoms with van der Waals surface area (Å²) < 4.78 is 0. The molecule has 28 heavy (non-hydrogen) atoms. The summed E-state index contributed by atoms with van der Waals surface area (Å²) in [5.41, 5.74) is 2.62. The number of guanidine groups is 1. The molecular formula is C22H37IN4O. The van der Waals surface area contributed by atoms with Gasteiger partial charge in [-0.2, -0.15) is 0 Å². The molecule has 0 aromatic heterocycles. The van der Waals surface area contributed by atoms with Gasteiger partial charge in [-0.25, -0.2) is 4.99 Å². The molecule has 6 heteroatoms. The smallest absolute Gasteiger partial charge is 0.194 e. The molecule has 1 aromatic carbocycles. The van der Waals surface area contributed by atoms with Crippen molar-refractivity contribution in [1.82, 2.24) is 15.1 Å². The fourth-order valence-electron chi connectivity index (χ4n) is 4.46. The maximum atomic E-state index is 9.77. The Morgan fingerprint density at radius 1 is 1.11 bits per heavy atom. The van der Waals surface area contributed by atoms with Gasteiger partial charge in [0, 0.05) is 39.3 Å². The van der Waals surface area contributed by atoms with Crippen LogP contribution in [-0.4, -0.2) is 59.7 Å². The number of hydrogen-bond donors (Lipinski definition) is 2. The summed E-state index contributed by atoms with van der Waals surface area (Å²) >= 11 is 0. The van der Waals surface area contributed by atoms with Crippen LogP contribution in [0.2, 0.25) is 0 Å². The molecule has 0 saturated carbocycles. The highest BCUT2D eigenvalue weighted by atomic mass is 127. The van der Waals surface area contributed by atoms with Gasteiger partial charge in [0.25, 0.3) is 0 Å². The van der Waals surface area contributed by atoms with Gasteiger partial charge in [-0.3, -0.25) is 4.90 Å². The lowest BCUT2D eigenvalue weighted by Gasteiger charge is -2.35. The van der Waals surface area contributed by atoms with Crippen LogP contribution < -0.4 is 5.32 Å². The van der Waals surface area contributed by atoms with Crippen molar-refractivity contribution in [2.75, 3.05) is 32.7 Å². The predicted molar refractivity (Wildman–Crippen MR) is 127 cm³/mol. The monoisotopic (exact) mass is 500 g/mol. The van der Waals surface area contributed by atoms with Gasteiger partial charge in [0.05, 0.1) is 12.6 Å². The number of benzene rings is 1. The van der Waals surface area contributed by atoms with Crippen molar-refractivity contribution in [1.29, 1.82) is 0 Å². The van der Waals surface area contributed by atoms with E-state index >= 15 is 0 Å². The summed E-state index contributed by atoms with van der Waals surface area (Å²) in [7, 11) is 0. The van der Waals surface area contributed by atoms with E-state index in [-0.39, 0.29) is 30.1 Å². The molecule has 2 aliphatic rings. The average molecular weight is 500 g/mol. The first-order valence-electron chi connectivity index (χ1n) is 10.5. The first kappa shape index (κ1) is 23.4. The van der Waals surface area contributed by atoms with Crippen molar-refractivity contribution in [2.45, 2.75) is 52.8 Å². The summed E-state index contributed by atoms with van der Waals surface area (Å²) in [6.45, 7) is 13.4. The number of β-amino-alcohol motifs (C(OH)–C–C–N with tert-alkyl or cyclic N) is 1. The number of aliphatic hydroxyl groups excluding tert-OH is 1. The van der Waals surface area contributed by atoms with Crippen molar-refractivity contribution in [3.05, 3.63) is 35.4 Å². The van der Waals surface area contributed by atoms with E-state index in [1.807, 2.05) is 0 Å². The number of likely N-dealkylation sites (tertiary alicyclic amines) is 2. The first-order valence-corrected chi connectivity index (χ1v) is 10.5. The van der Waals surface area contributed by atoms with E-state index in [0.29, 0.717) is 13.1 Å². The summed E-state index contributed by atoms with van der Waals surface area (Å²) in [5.74, 6) is 2.52. The minimum Gasteiger partial charge on any atom is -0.391 e. The molecule has 2 aliphatic heterocycles. The maximum absolute atomic E-state index is 9.77. The molecule has 0 spiro atoms. The van der Waals surface area contributed by atoms with Crippen LogP contribution >= 0.6 is 24.0 Å². The molecule has 2 N–H and O–H groups in total. The van der Waals surface area contributed by atoms with Crippen LogP contribution in [-0.2, 0) is 13.1 Å². The third kappa shape index (κ3) is 6.88. The minimum atomic E-state index is -0.228. The van der Waals surface area contributed by atoms with Crippen LogP contribution in [0.3, 0.4) is 0 Å². The van der Waals surface area contributed by atoms with Crippen molar-refractivity contribution in [2.24, 2.45) is 16.8 Å².